The van der Waals surface area contributed by atoms with E-state index in [0.29, 0.717) is 6.61 Å². The fourth-order valence-corrected chi connectivity index (χ4v) is 5.37. The summed E-state index contributed by atoms with van der Waals surface area (Å²) in [5, 5.41) is 6.42. The number of rotatable bonds is 2. The SMILES string of the molecule is O=C(NC1CCOC1)NC12CC3CC(CC(C3)C1)C2. The van der Waals surface area contributed by atoms with Crippen molar-refractivity contribution >= 4 is 6.03 Å². The Bertz CT molecular complexity index is 341. The highest BCUT2D eigenvalue weighted by molar-refractivity contribution is 5.75. The number of amides is 2. The van der Waals surface area contributed by atoms with Gasteiger partial charge in [0.2, 0.25) is 0 Å². The lowest BCUT2D eigenvalue weighted by molar-refractivity contribution is -0.0136. The number of carbonyl (C=O) groups is 1. The van der Waals surface area contributed by atoms with E-state index in [1.807, 2.05) is 0 Å². The van der Waals surface area contributed by atoms with Gasteiger partial charge in [-0.25, -0.2) is 4.79 Å². The van der Waals surface area contributed by atoms with Gasteiger partial charge in [0.25, 0.3) is 0 Å². The molecule has 19 heavy (non-hydrogen) atoms. The van der Waals surface area contributed by atoms with Crippen LogP contribution in [-0.2, 0) is 4.74 Å². The van der Waals surface area contributed by atoms with E-state index < -0.39 is 0 Å². The Kier molecular flexibility index (Phi) is 2.76. The van der Waals surface area contributed by atoms with Crippen molar-refractivity contribution < 1.29 is 9.53 Å². The van der Waals surface area contributed by atoms with E-state index in [-0.39, 0.29) is 17.6 Å². The lowest BCUT2D eigenvalue weighted by atomic mass is 9.53. The van der Waals surface area contributed by atoms with Crippen molar-refractivity contribution in [3.63, 3.8) is 0 Å². The minimum absolute atomic E-state index is 0.0393. The average Bonchev–Trinajstić information content (AvgIpc) is 2.78. The second kappa shape index (κ2) is 4.37. The van der Waals surface area contributed by atoms with Gasteiger partial charge in [-0.05, 0) is 62.7 Å². The molecule has 0 aromatic heterocycles. The van der Waals surface area contributed by atoms with Crippen LogP contribution in [0.15, 0.2) is 0 Å². The quantitative estimate of drug-likeness (QED) is 0.802. The van der Waals surface area contributed by atoms with Crippen LogP contribution in [0.25, 0.3) is 0 Å². The second-order valence-electron chi connectivity index (χ2n) is 7.36. The van der Waals surface area contributed by atoms with Crippen LogP contribution in [0.4, 0.5) is 4.79 Å². The van der Waals surface area contributed by atoms with E-state index in [4.69, 9.17) is 4.74 Å². The zero-order valence-electron chi connectivity index (χ0n) is 11.5. The predicted octanol–water partition coefficient (Wildman–Crippen LogP) is 2.04. The van der Waals surface area contributed by atoms with E-state index in [9.17, 15) is 4.79 Å². The van der Waals surface area contributed by atoms with Crippen LogP contribution >= 0.6 is 0 Å². The monoisotopic (exact) mass is 264 g/mol. The molecular weight excluding hydrogens is 240 g/mol. The average molecular weight is 264 g/mol. The van der Waals surface area contributed by atoms with Crippen LogP contribution in [0.5, 0.6) is 0 Å². The molecule has 4 aliphatic carbocycles. The molecule has 0 radical (unpaired) electrons. The van der Waals surface area contributed by atoms with Gasteiger partial charge in [0.05, 0.1) is 12.6 Å². The molecule has 5 fully saturated rings. The Balaban J connectivity index is 1.40. The summed E-state index contributed by atoms with van der Waals surface area (Å²) in [6.07, 6.45) is 8.85. The van der Waals surface area contributed by atoms with Crippen molar-refractivity contribution in [1.29, 1.82) is 0 Å². The minimum Gasteiger partial charge on any atom is -0.379 e. The van der Waals surface area contributed by atoms with Gasteiger partial charge in [-0.1, -0.05) is 0 Å². The highest BCUT2D eigenvalue weighted by atomic mass is 16.5. The standard InChI is InChI=1S/C15H24N2O2/c18-14(16-13-1-2-19-9-13)17-15-6-10-3-11(7-15)5-12(4-10)8-15/h10-13H,1-9H2,(H2,16,17,18). The highest BCUT2D eigenvalue weighted by Crippen LogP contribution is 2.55. The lowest BCUT2D eigenvalue weighted by Gasteiger charge is -2.56. The number of carbonyl (C=O) groups excluding carboxylic acids is 1. The molecule has 2 amide bonds. The Morgan fingerprint density at radius 3 is 2.21 bits per heavy atom. The van der Waals surface area contributed by atoms with Gasteiger partial charge in [-0.2, -0.15) is 0 Å². The maximum absolute atomic E-state index is 12.2. The molecule has 1 saturated heterocycles. The van der Waals surface area contributed by atoms with Crippen LogP contribution in [0.3, 0.4) is 0 Å². The smallest absolute Gasteiger partial charge is 0.315 e. The molecule has 1 unspecified atom stereocenters. The predicted molar refractivity (Wildman–Crippen MR) is 71.8 cm³/mol. The summed E-state index contributed by atoms with van der Waals surface area (Å²) in [6.45, 7) is 1.45. The molecule has 1 aliphatic heterocycles. The summed E-state index contributed by atoms with van der Waals surface area (Å²) in [7, 11) is 0. The van der Waals surface area contributed by atoms with Gasteiger partial charge in [0.15, 0.2) is 0 Å². The molecule has 1 heterocycles. The molecule has 2 N–H and O–H groups in total. The second-order valence-corrected chi connectivity index (χ2v) is 7.36. The maximum atomic E-state index is 12.2. The largest absolute Gasteiger partial charge is 0.379 e. The van der Waals surface area contributed by atoms with Crippen LogP contribution in [0.1, 0.15) is 44.9 Å². The fourth-order valence-electron chi connectivity index (χ4n) is 5.37. The first kappa shape index (κ1) is 12.0. The zero-order valence-corrected chi connectivity index (χ0v) is 11.5. The number of ether oxygens (including phenoxy) is 1. The van der Waals surface area contributed by atoms with Gasteiger partial charge in [0.1, 0.15) is 0 Å². The highest BCUT2D eigenvalue weighted by Gasteiger charge is 2.51. The Morgan fingerprint density at radius 2 is 1.68 bits per heavy atom. The van der Waals surface area contributed by atoms with Crippen molar-refractivity contribution in [1.82, 2.24) is 10.6 Å². The number of nitrogens with one attached hydrogen (secondary N) is 2. The topological polar surface area (TPSA) is 50.4 Å². The first-order chi connectivity index (χ1) is 9.21. The van der Waals surface area contributed by atoms with Crippen molar-refractivity contribution in [2.45, 2.75) is 56.5 Å². The normalized spacial score (nSPS) is 47.4. The summed E-state index contributed by atoms with van der Waals surface area (Å²) < 4.78 is 5.31. The van der Waals surface area contributed by atoms with Crippen molar-refractivity contribution in [2.24, 2.45) is 17.8 Å². The Labute approximate surface area is 114 Å². The van der Waals surface area contributed by atoms with Crippen molar-refractivity contribution in [3.8, 4) is 0 Å². The first-order valence-corrected chi connectivity index (χ1v) is 7.87. The van der Waals surface area contributed by atoms with E-state index in [0.717, 1.165) is 30.8 Å². The van der Waals surface area contributed by atoms with Crippen molar-refractivity contribution in [3.05, 3.63) is 0 Å². The molecule has 106 valence electrons. The van der Waals surface area contributed by atoms with E-state index >= 15 is 0 Å². The first-order valence-electron chi connectivity index (χ1n) is 7.87. The molecular formula is C15H24N2O2. The van der Waals surface area contributed by atoms with Gasteiger partial charge < -0.3 is 15.4 Å². The summed E-state index contributed by atoms with van der Waals surface area (Å²) in [6, 6.07) is 0.256. The lowest BCUT2D eigenvalue weighted by Crippen LogP contribution is -2.62. The van der Waals surface area contributed by atoms with Crippen LogP contribution in [-0.4, -0.2) is 30.8 Å². The third kappa shape index (κ3) is 2.24. The summed E-state index contributed by atoms with van der Waals surface area (Å²) in [4.78, 5) is 12.2. The molecule has 0 aromatic rings. The van der Waals surface area contributed by atoms with Crippen molar-refractivity contribution in [2.75, 3.05) is 13.2 Å². The molecule has 0 spiro atoms. The summed E-state index contributed by atoms with van der Waals surface area (Å²) >= 11 is 0. The summed E-state index contributed by atoms with van der Waals surface area (Å²) in [5.74, 6) is 2.63. The van der Waals surface area contributed by atoms with E-state index in [1.54, 1.807) is 0 Å². The third-order valence-electron chi connectivity index (χ3n) is 5.68. The molecule has 4 bridgehead atoms. The van der Waals surface area contributed by atoms with Crippen LogP contribution in [0.2, 0.25) is 0 Å². The number of hydrogen-bond donors (Lipinski definition) is 2. The number of urea groups is 1. The molecule has 5 aliphatic rings. The summed E-state index contributed by atoms with van der Waals surface area (Å²) in [5.41, 5.74) is 0.123. The van der Waals surface area contributed by atoms with Gasteiger partial charge in [-0.3, -0.25) is 0 Å². The van der Waals surface area contributed by atoms with Gasteiger partial charge in [0, 0.05) is 12.1 Å². The van der Waals surface area contributed by atoms with E-state index in [1.165, 1.54) is 38.5 Å². The molecule has 0 aromatic carbocycles. The molecule has 4 heteroatoms. The molecule has 4 saturated carbocycles. The van der Waals surface area contributed by atoms with Crippen LogP contribution < -0.4 is 10.6 Å². The zero-order chi connectivity index (χ0) is 12.9. The number of hydrogen-bond acceptors (Lipinski definition) is 2. The van der Waals surface area contributed by atoms with E-state index in [2.05, 4.69) is 10.6 Å². The Hall–Kier alpha value is -0.770. The van der Waals surface area contributed by atoms with Gasteiger partial charge >= 0.3 is 6.03 Å². The Morgan fingerprint density at radius 1 is 1.05 bits per heavy atom. The third-order valence-corrected chi connectivity index (χ3v) is 5.68. The molecule has 1 atom stereocenters. The molecule has 5 rings (SSSR count). The maximum Gasteiger partial charge on any atom is 0.315 e. The van der Waals surface area contributed by atoms with Gasteiger partial charge in [-0.15, -0.1) is 0 Å². The molecule has 4 nitrogen and oxygen atoms in total. The fraction of sp³-hybridized carbons (Fsp3) is 0.933. The minimum atomic E-state index is 0.0393. The van der Waals surface area contributed by atoms with Crippen LogP contribution in [0, 0.1) is 17.8 Å².